The van der Waals surface area contributed by atoms with Gasteiger partial charge >= 0.3 is 0 Å². The SMILES string of the molecule is Cc1cccc(Cn2ncc3c4sc(C)nc4n(C)c3c2=O)n1. The van der Waals surface area contributed by atoms with E-state index in [4.69, 9.17) is 0 Å². The van der Waals surface area contributed by atoms with E-state index in [9.17, 15) is 4.79 Å². The van der Waals surface area contributed by atoms with Crippen molar-refractivity contribution in [2.45, 2.75) is 20.4 Å². The molecule has 0 aliphatic carbocycles. The van der Waals surface area contributed by atoms with Gasteiger partial charge in [0.2, 0.25) is 0 Å². The first-order chi connectivity index (χ1) is 11.0. The molecule has 0 amide bonds. The van der Waals surface area contributed by atoms with Gasteiger partial charge in [-0.2, -0.15) is 5.10 Å². The van der Waals surface area contributed by atoms with E-state index in [2.05, 4.69) is 15.1 Å². The van der Waals surface area contributed by atoms with E-state index in [0.29, 0.717) is 12.1 Å². The summed E-state index contributed by atoms with van der Waals surface area (Å²) in [4.78, 5) is 21.8. The molecule has 0 atom stereocenters. The smallest absolute Gasteiger partial charge is 0.291 e. The fraction of sp³-hybridized carbons (Fsp3) is 0.250. The molecule has 116 valence electrons. The summed E-state index contributed by atoms with van der Waals surface area (Å²) in [6, 6.07) is 5.77. The van der Waals surface area contributed by atoms with Crippen LogP contribution in [-0.4, -0.2) is 24.3 Å². The molecular weight excluding hydrogens is 310 g/mol. The predicted octanol–water partition coefficient (Wildman–Crippen LogP) is 2.40. The van der Waals surface area contributed by atoms with Crippen molar-refractivity contribution in [2.75, 3.05) is 0 Å². The lowest BCUT2D eigenvalue weighted by atomic mass is 10.3. The molecule has 0 radical (unpaired) electrons. The fourth-order valence-corrected chi connectivity index (χ4v) is 3.81. The summed E-state index contributed by atoms with van der Waals surface area (Å²) < 4.78 is 4.34. The molecule has 7 heteroatoms. The number of aromatic nitrogens is 5. The highest BCUT2D eigenvalue weighted by atomic mass is 32.1. The second kappa shape index (κ2) is 4.99. The maximum atomic E-state index is 12.8. The number of thiazole rings is 1. The molecule has 0 N–H and O–H groups in total. The minimum Gasteiger partial charge on any atom is -0.323 e. The maximum Gasteiger partial charge on any atom is 0.291 e. The molecular formula is C16H15N5OS. The van der Waals surface area contributed by atoms with Crippen molar-refractivity contribution >= 4 is 32.6 Å². The van der Waals surface area contributed by atoms with Crippen LogP contribution in [0.25, 0.3) is 21.3 Å². The molecule has 0 unspecified atom stereocenters. The van der Waals surface area contributed by atoms with Crippen molar-refractivity contribution in [2.24, 2.45) is 7.05 Å². The van der Waals surface area contributed by atoms with Crippen molar-refractivity contribution < 1.29 is 0 Å². The number of fused-ring (bicyclic) bond motifs is 3. The summed E-state index contributed by atoms with van der Waals surface area (Å²) in [5.74, 6) is 0. The van der Waals surface area contributed by atoms with Gasteiger partial charge in [-0.15, -0.1) is 11.3 Å². The Labute approximate surface area is 136 Å². The Balaban J connectivity index is 1.91. The molecule has 4 aromatic rings. The van der Waals surface area contributed by atoms with Crippen molar-refractivity contribution in [1.82, 2.24) is 24.3 Å². The molecule has 0 bridgehead atoms. The van der Waals surface area contributed by atoms with Crippen LogP contribution in [0.4, 0.5) is 0 Å². The van der Waals surface area contributed by atoms with E-state index in [1.165, 1.54) is 4.68 Å². The number of rotatable bonds is 2. The van der Waals surface area contributed by atoms with E-state index in [-0.39, 0.29) is 5.56 Å². The largest absolute Gasteiger partial charge is 0.323 e. The predicted molar refractivity (Wildman–Crippen MR) is 91.0 cm³/mol. The van der Waals surface area contributed by atoms with E-state index >= 15 is 0 Å². The van der Waals surface area contributed by atoms with Crippen LogP contribution in [0.15, 0.2) is 29.2 Å². The minimum absolute atomic E-state index is 0.115. The Bertz CT molecular complexity index is 1110. The van der Waals surface area contributed by atoms with Crippen molar-refractivity contribution in [1.29, 1.82) is 0 Å². The van der Waals surface area contributed by atoms with Crippen LogP contribution in [0.5, 0.6) is 0 Å². The summed E-state index contributed by atoms with van der Waals surface area (Å²) in [5, 5.41) is 6.19. The second-order valence-electron chi connectivity index (χ2n) is 5.58. The van der Waals surface area contributed by atoms with E-state index in [1.807, 2.05) is 43.7 Å². The average molecular weight is 325 g/mol. The van der Waals surface area contributed by atoms with E-state index in [1.54, 1.807) is 17.5 Å². The molecule has 0 spiro atoms. The van der Waals surface area contributed by atoms with Crippen LogP contribution in [0.2, 0.25) is 0 Å². The van der Waals surface area contributed by atoms with Crippen LogP contribution in [-0.2, 0) is 13.6 Å². The summed E-state index contributed by atoms with van der Waals surface area (Å²) in [6.45, 7) is 4.26. The van der Waals surface area contributed by atoms with Gasteiger partial charge in [-0.05, 0) is 26.0 Å². The van der Waals surface area contributed by atoms with E-state index < -0.39 is 0 Å². The van der Waals surface area contributed by atoms with Crippen LogP contribution < -0.4 is 5.56 Å². The lowest BCUT2D eigenvalue weighted by Gasteiger charge is -2.05. The number of hydrogen-bond acceptors (Lipinski definition) is 5. The quantitative estimate of drug-likeness (QED) is 0.568. The first-order valence-corrected chi connectivity index (χ1v) is 8.10. The standard InChI is InChI=1S/C16H15N5OS/c1-9-5-4-6-11(18-9)8-21-16(22)13-12(7-17-21)14-15(20(13)3)19-10(2)23-14/h4-7H,8H2,1-3H3. The first-order valence-electron chi connectivity index (χ1n) is 7.29. The van der Waals surface area contributed by atoms with Gasteiger partial charge in [0.1, 0.15) is 5.52 Å². The number of hydrogen-bond donors (Lipinski definition) is 0. The Hall–Kier alpha value is -2.54. The van der Waals surface area contributed by atoms with Crippen molar-refractivity contribution in [3.63, 3.8) is 0 Å². The monoisotopic (exact) mass is 325 g/mol. The number of aryl methyl sites for hydroxylation is 3. The van der Waals surface area contributed by atoms with Gasteiger partial charge in [-0.25, -0.2) is 9.67 Å². The fourth-order valence-electron chi connectivity index (χ4n) is 2.85. The number of pyridine rings is 1. The van der Waals surface area contributed by atoms with E-state index in [0.717, 1.165) is 32.1 Å². The molecule has 0 aliphatic heterocycles. The molecule has 0 aromatic carbocycles. The summed E-state index contributed by atoms with van der Waals surface area (Å²) in [7, 11) is 1.88. The molecule has 4 heterocycles. The third kappa shape index (κ3) is 2.16. The van der Waals surface area contributed by atoms with Gasteiger partial charge in [0.05, 0.1) is 28.1 Å². The lowest BCUT2D eigenvalue weighted by molar-refractivity contribution is 0.631. The van der Waals surface area contributed by atoms with Crippen LogP contribution in [0.3, 0.4) is 0 Å². The third-order valence-corrected chi connectivity index (χ3v) is 4.88. The molecule has 0 fully saturated rings. The maximum absolute atomic E-state index is 12.8. The molecule has 23 heavy (non-hydrogen) atoms. The van der Waals surface area contributed by atoms with Crippen molar-refractivity contribution in [3.8, 4) is 0 Å². The minimum atomic E-state index is -0.115. The topological polar surface area (TPSA) is 65.6 Å². The Kier molecular flexibility index (Phi) is 3.05. The van der Waals surface area contributed by atoms with Crippen LogP contribution >= 0.6 is 11.3 Å². The molecule has 0 aliphatic rings. The Morgan fingerprint density at radius 2 is 2.04 bits per heavy atom. The summed E-state index contributed by atoms with van der Waals surface area (Å²) in [6.07, 6.45) is 1.76. The zero-order valence-electron chi connectivity index (χ0n) is 13.1. The second-order valence-corrected chi connectivity index (χ2v) is 6.79. The summed E-state index contributed by atoms with van der Waals surface area (Å²) in [5.41, 5.74) is 3.12. The van der Waals surface area contributed by atoms with Gasteiger partial charge in [0.15, 0.2) is 5.65 Å². The zero-order valence-corrected chi connectivity index (χ0v) is 13.9. The molecule has 4 rings (SSSR count). The highest BCUT2D eigenvalue weighted by Crippen LogP contribution is 2.30. The molecule has 4 aromatic heterocycles. The zero-order chi connectivity index (χ0) is 16.1. The average Bonchev–Trinajstić information content (AvgIpc) is 3.00. The van der Waals surface area contributed by atoms with Gasteiger partial charge in [0.25, 0.3) is 5.56 Å². The van der Waals surface area contributed by atoms with Gasteiger partial charge in [-0.1, -0.05) is 6.07 Å². The Morgan fingerprint density at radius 1 is 1.22 bits per heavy atom. The molecule has 0 saturated heterocycles. The van der Waals surface area contributed by atoms with Crippen molar-refractivity contribution in [3.05, 3.63) is 51.1 Å². The normalized spacial score (nSPS) is 11.6. The highest BCUT2D eigenvalue weighted by molar-refractivity contribution is 7.19. The van der Waals surface area contributed by atoms with Gasteiger partial charge in [-0.3, -0.25) is 9.78 Å². The van der Waals surface area contributed by atoms with Gasteiger partial charge < -0.3 is 4.57 Å². The number of nitrogens with zero attached hydrogens (tertiary/aromatic N) is 5. The highest BCUT2D eigenvalue weighted by Gasteiger charge is 2.17. The molecule has 0 saturated carbocycles. The van der Waals surface area contributed by atoms with Gasteiger partial charge in [0, 0.05) is 18.1 Å². The summed E-state index contributed by atoms with van der Waals surface area (Å²) >= 11 is 1.59. The third-order valence-electron chi connectivity index (χ3n) is 3.89. The van der Waals surface area contributed by atoms with Crippen LogP contribution in [0.1, 0.15) is 16.4 Å². The lowest BCUT2D eigenvalue weighted by Crippen LogP contribution is -2.25. The molecule has 6 nitrogen and oxygen atoms in total. The Morgan fingerprint density at radius 3 is 2.83 bits per heavy atom. The first kappa shape index (κ1) is 14.1. The van der Waals surface area contributed by atoms with Crippen LogP contribution in [0, 0.1) is 13.8 Å².